The van der Waals surface area contributed by atoms with Crippen LogP contribution in [-0.4, -0.2) is 31.4 Å². The van der Waals surface area contributed by atoms with Crippen LogP contribution in [0.5, 0.6) is 0 Å². The first kappa shape index (κ1) is 17.6. The lowest BCUT2D eigenvalue weighted by Gasteiger charge is -2.32. The molecule has 3 atom stereocenters. The standard InChI is InChI=1S/C23H24N4S/c1-3-17-15-28-23-25-21(19-10-4-5-12-24-19)22(27(17)23)20-11-7-13-26(20)18-9-6-8-16(2)14-18/h4-14,17,21-22H,3,15H2,1-2H3/t17-,21+,22+/m1/s1. The topological polar surface area (TPSA) is 33.4 Å². The normalized spacial score (nSPS) is 23.7. The molecule has 1 saturated heterocycles. The van der Waals surface area contributed by atoms with Crippen molar-refractivity contribution in [3.63, 3.8) is 0 Å². The first-order chi connectivity index (χ1) is 13.8. The molecule has 142 valence electrons. The molecule has 0 aliphatic carbocycles. The lowest BCUT2D eigenvalue weighted by Crippen LogP contribution is -2.36. The Labute approximate surface area is 170 Å². The summed E-state index contributed by atoms with van der Waals surface area (Å²) in [5.41, 5.74) is 4.79. The minimum Gasteiger partial charge on any atom is -0.337 e. The van der Waals surface area contributed by atoms with E-state index in [4.69, 9.17) is 4.99 Å². The van der Waals surface area contributed by atoms with E-state index in [2.05, 4.69) is 83.0 Å². The maximum absolute atomic E-state index is 5.14. The molecule has 28 heavy (non-hydrogen) atoms. The van der Waals surface area contributed by atoms with Crippen molar-refractivity contribution in [3.05, 3.63) is 83.9 Å². The van der Waals surface area contributed by atoms with Gasteiger partial charge in [0.15, 0.2) is 5.17 Å². The van der Waals surface area contributed by atoms with Crippen molar-refractivity contribution >= 4 is 16.9 Å². The van der Waals surface area contributed by atoms with Crippen LogP contribution in [0.15, 0.2) is 72.0 Å². The molecule has 1 aromatic carbocycles. The lowest BCUT2D eigenvalue weighted by molar-refractivity contribution is 0.249. The number of hydrogen-bond donors (Lipinski definition) is 0. The van der Waals surface area contributed by atoms with Crippen LogP contribution >= 0.6 is 11.8 Å². The smallest absolute Gasteiger partial charge is 0.160 e. The Kier molecular flexibility index (Phi) is 4.47. The number of aryl methyl sites for hydroxylation is 1. The Hall–Kier alpha value is -2.53. The van der Waals surface area contributed by atoms with Gasteiger partial charge >= 0.3 is 0 Å². The summed E-state index contributed by atoms with van der Waals surface area (Å²) in [5, 5.41) is 1.17. The highest BCUT2D eigenvalue weighted by molar-refractivity contribution is 8.14. The Morgan fingerprint density at radius 1 is 1.11 bits per heavy atom. The van der Waals surface area contributed by atoms with Gasteiger partial charge in [0.25, 0.3) is 0 Å². The molecule has 0 spiro atoms. The number of hydrogen-bond acceptors (Lipinski definition) is 4. The van der Waals surface area contributed by atoms with Crippen molar-refractivity contribution < 1.29 is 0 Å². The van der Waals surface area contributed by atoms with E-state index in [9.17, 15) is 0 Å². The van der Waals surface area contributed by atoms with E-state index in [1.807, 2.05) is 24.0 Å². The van der Waals surface area contributed by atoms with Crippen LogP contribution in [0.2, 0.25) is 0 Å². The predicted molar refractivity (Wildman–Crippen MR) is 116 cm³/mol. The Bertz CT molecular complexity index is 1010. The molecule has 3 aromatic rings. The van der Waals surface area contributed by atoms with Gasteiger partial charge in [-0.2, -0.15) is 0 Å². The summed E-state index contributed by atoms with van der Waals surface area (Å²) in [6.07, 6.45) is 5.17. The highest BCUT2D eigenvalue weighted by Crippen LogP contribution is 2.48. The molecule has 5 rings (SSSR count). The van der Waals surface area contributed by atoms with Crippen LogP contribution in [0.25, 0.3) is 5.69 Å². The molecule has 2 aliphatic rings. The maximum atomic E-state index is 5.14. The molecule has 4 heterocycles. The third-order valence-electron chi connectivity index (χ3n) is 5.69. The Morgan fingerprint density at radius 3 is 2.82 bits per heavy atom. The number of nitrogens with zero attached hydrogens (tertiary/aromatic N) is 4. The number of aromatic nitrogens is 2. The third-order valence-corrected chi connectivity index (χ3v) is 6.82. The molecule has 0 radical (unpaired) electrons. The molecule has 0 amide bonds. The van der Waals surface area contributed by atoms with Crippen LogP contribution in [0, 0.1) is 6.92 Å². The average Bonchev–Trinajstić information content (AvgIpc) is 3.43. The molecule has 2 aromatic heterocycles. The zero-order valence-electron chi connectivity index (χ0n) is 16.2. The monoisotopic (exact) mass is 388 g/mol. The second-order valence-corrected chi connectivity index (χ2v) is 8.47. The maximum Gasteiger partial charge on any atom is 0.160 e. The van der Waals surface area contributed by atoms with E-state index in [1.165, 1.54) is 22.1 Å². The summed E-state index contributed by atoms with van der Waals surface area (Å²) < 4.78 is 2.32. The molecular weight excluding hydrogens is 364 g/mol. The fraction of sp³-hybridized carbons (Fsp3) is 0.304. The highest BCUT2D eigenvalue weighted by atomic mass is 32.2. The second-order valence-electron chi connectivity index (χ2n) is 7.48. The highest BCUT2D eigenvalue weighted by Gasteiger charge is 2.46. The van der Waals surface area contributed by atoms with E-state index < -0.39 is 0 Å². The Morgan fingerprint density at radius 2 is 2.04 bits per heavy atom. The van der Waals surface area contributed by atoms with Gasteiger partial charge in [-0.3, -0.25) is 9.98 Å². The number of thioether (sulfide) groups is 1. The first-order valence-corrected chi connectivity index (χ1v) is 10.9. The van der Waals surface area contributed by atoms with Crippen LogP contribution in [0.1, 0.15) is 42.4 Å². The summed E-state index contributed by atoms with van der Waals surface area (Å²) in [6.45, 7) is 4.42. The van der Waals surface area contributed by atoms with Crippen molar-refractivity contribution in [1.82, 2.24) is 14.5 Å². The van der Waals surface area contributed by atoms with Gasteiger partial charge in [-0.05, 0) is 55.3 Å². The van der Waals surface area contributed by atoms with E-state index in [1.54, 1.807) is 0 Å². The number of amidine groups is 1. The SMILES string of the molecule is CC[C@@H]1CSC2=N[C@@H](c3ccccn3)[C@H](c3cccn3-c3cccc(C)c3)N21. The number of benzene rings is 1. The fourth-order valence-electron chi connectivity index (χ4n) is 4.32. The van der Waals surface area contributed by atoms with E-state index in [0.717, 1.165) is 17.9 Å². The second kappa shape index (κ2) is 7.13. The van der Waals surface area contributed by atoms with Gasteiger partial charge in [0.1, 0.15) is 12.1 Å². The number of rotatable bonds is 4. The molecular formula is C23H24N4S. The van der Waals surface area contributed by atoms with Crippen molar-refractivity contribution in [1.29, 1.82) is 0 Å². The Balaban J connectivity index is 1.63. The number of pyridine rings is 1. The van der Waals surface area contributed by atoms with Crippen LogP contribution in [0.4, 0.5) is 0 Å². The zero-order chi connectivity index (χ0) is 19.1. The molecule has 1 fully saturated rings. The van der Waals surface area contributed by atoms with Crippen molar-refractivity contribution in [3.8, 4) is 5.69 Å². The van der Waals surface area contributed by atoms with E-state index >= 15 is 0 Å². The van der Waals surface area contributed by atoms with Gasteiger partial charge in [-0.1, -0.05) is 36.9 Å². The van der Waals surface area contributed by atoms with Crippen LogP contribution in [0.3, 0.4) is 0 Å². The minimum atomic E-state index is 0.0245. The van der Waals surface area contributed by atoms with Crippen molar-refractivity contribution in [2.24, 2.45) is 4.99 Å². The van der Waals surface area contributed by atoms with Crippen LogP contribution in [-0.2, 0) is 0 Å². The van der Waals surface area contributed by atoms with Gasteiger partial charge in [0, 0.05) is 35.6 Å². The molecule has 0 bridgehead atoms. The molecule has 0 unspecified atom stereocenters. The largest absolute Gasteiger partial charge is 0.337 e. The molecule has 4 nitrogen and oxygen atoms in total. The molecule has 0 saturated carbocycles. The van der Waals surface area contributed by atoms with Gasteiger partial charge in [0.05, 0.1) is 5.69 Å². The minimum absolute atomic E-state index is 0.0245. The summed E-state index contributed by atoms with van der Waals surface area (Å²) in [4.78, 5) is 12.3. The number of aliphatic imine (C=N–C) groups is 1. The zero-order valence-corrected chi connectivity index (χ0v) is 17.0. The average molecular weight is 389 g/mol. The molecule has 2 aliphatic heterocycles. The van der Waals surface area contributed by atoms with Crippen molar-refractivity contribution in [2.75, 3.05) is 5.75 Å². The molecule has 0 N–H and O–H groups in total. The van der Waals surface area contributed by atoms with E-state index in [0.29, 0.717) is 6.04 Å². The fourth-order valence-corrected chi connectivity index (χ4v) is 5.66. The summed E-state index contributed by atoms with van der Waals surface area (Å²) >= 11 is 1.89. The summed E-state index contributed by atoms with van der Waals surface area (Å²) in [5.74, 6) is 1.12. The van der Waals surface area contributed by atoms with Crippen LogP contribution < -0.4 is 0 Å². The lowest BCUT2D eigenvalue weighted by atomic mass is 9.99. The van der Waals surface area contributed by atoms with Gasteiger partial charge < -0.3 is 9.47 Å². The summed E-state index contributed by atoms with van der Waals surface area (Å²) in [7, 11) is 0. The van der Waals surface area contributed by atoms with Gasteiger partial charge in [0.2, 0.25) is 0 Å². The number of fused-ring (bicyclic) bond motifs is 1. The third kappa shape index (κ3) is 2.85. The van der Waals surface area contributed by atoms with Crippen molar-refractivity contribution in [2.45, 2.75) is 38.4 Å². The van der Waals surface area contributed by atoms with E-state index in [-0.39, 0.29) is 12.1 Å². The van der Waals surface area contributed by atoms with Gasteiger partial charge in [-0.15, -0.1) is 0 Å². The van der Waals surface area contributed by atoms with Gasteiger partial charge in [-0.25, -0.2) is 0 Å². The molecule has 5 heteroatoms. The first-order valence-electron chi connectivity index (χ1n) is 9.90. The predicted octanol–water partition coefficient (Wildman–Crippen LogP) is 5.16. The quantitative estimate of drug-likeness (QED) is 0.619. The summed E-state index contributed by atoms with van der Waals surface area (Å²) in [6, 6.07) is 19.9.